The quantitative estimate of drug-likeness (QED) is 0.439. The largest absolute Gasteiger partial charge is 0.618 e. The molecule has 4 rings (SSSR count). The Labute approximate surface area is 103 Å². The summed E-state index contributed by atoms with van der Waals surface area (Å²) in [6.45, 7) is 0.694. The average Bonchev–Trinajstić information content (AvgIpc) is 2.77. The molecule has 5 nitrogen and oxygen atoms in total. The topological polar surface area (TPSA) is 54.0 Å². The highest BCUT2D eigenvalue weighted by atomic mass is 16.7. The highest BCUT2D eigenvalue weighted by Gasteiger charge is 2.21. The SMILES string of the molecule is [O-][n+]1cc2nc3n(c2c2ccccc21)OCCC3. The first-order chi connectivity index (χ1) is 8.84. The standard InChI is InChI=1S/C13H11N3O2/c17-15-8-10-13(9-4-1-2-5-11(9)15)16-12(14-10)6-3-7-18-16/h1-2,4-5,8H,3,6-7H2. The lowest BCUT2D eigenvalue weighted by Gasteiger charge is -2.15. The van der Waals surface area contributed by atoms with Gasteiger partial charge in [0.1, 0.15) is 17.9 Å². The lowest BCUT2D eigenvalue weighted by Crippen LogP contribution is -2.27. The van der Waals surface area contributed by atoms with Crippen molar-refractivity contribution in [3.05, 3.63) is 41.5 Å². The summed E-state index contributed by atoms with van der Waals surface area (Å²) in [5.41, 5.74) is 2.23. The van der Waals surface area contributed by atoms with Gasteiger partial charge in [0, 0.05) is 12.5 Å². The van der Waals surface area contributed by atoms with E-state index in [4.69, 9.17) is 4.84 Å². The van der Waals surface area contributed by atoms with Gasteiger partial charge >= 0.3 is 0 Å². The summed E-state index contributed by atoms with van der Waals surface area (Å²) < 4.78 is 2.65. The summed E-state index contributed by atoms with van der Waals surface area (Å²) >= 11 is 0. The number of nitrogens with zero attached hydrogens (tertiary/aromatic N) is 3. The van der Waals surface area contributed by atoms with E-state index >= 15 is 0 Å². The maximum Gasteiger partial charge on any atom is 0.226 e. The zero-order valence-corrected chi connectivity index (χ0v) is 9.67. The molecule has 1 aromatic carbocycles. The van der Waals surface area contributed by atoms with Crippen molar-refractivity contribution >= 4 is 21.9 Å². The highest BCUT2D eigenvalue weighted by Crippen LogP contribution is 2.24. The smallest absolute Gasteiger partial charge is 0.226 e. The Hall–Kier alpha value is -2.30. The maximum atomic E-state index is 11.9. The van der Waals surface area contributed by atoms with Crippen LogP contribution in [0.1, 0.15) is 12.2 Å². The number of hydrogen-bond donors (Lipinski definition) is 0. The normalized spacial score (nSPS) is 14.7. The van der Waals surface area contributed by atoms with Crippen LogP contribution < -0.4 is 9.57 Å². The molecular weight excluding hydrogens is 230 g/mol. The molecule has 1 aliphatic heterocycles. The molecule has 0 N–H and O–H groups in total. The first-order valence-electron chi connectivity index (χ1n) is 6.00. The second-order valence-electron chi connectivity index (χ2n) is 4.47. The Balaban J connectivity index is 2.22. The van der Waals surface area contributed by atoms with Gasteiger partial charge in [-0.2, -0.15) is 9.46 Å². The number of benzene rings is 1. The van der Waals surface area contributed by atoms with Crippen molar-refractivity contribution in [1.82, 2.24) is 9.71 Å². The second-order valence-corrected chi connectivity index (χ2v) is 4.47. The van der Waals surface area contributed by atoms with E-state index in [0.717, 1.165) is 34.3 Å². The molecule has 0 spiro atoms. The number of fused-ring (bicyclic) bond motifs is 5. The molecule has 0 bridgehead atoms. The molecule has 3 heterocycles. The number of imidazole rings is 1. The summed E-state index contributed by atoms with van der Waals surface area (Å²) in [5.74, 6) is 0.896. The Kier molecular flexibility index (Phi) is 1.81. The highest BCUT2D eigenvalue weighted by molar-refractivity contribution is 6.00. The molecule has 5 heteroatoms. The fraction of sp³-hybridized carbons (Fsp3) is 0.231. The molecule has 2 aromatic heterocycles. The van der Waals surface area contributed by atoms with Crippen molar-refractivity contribution in [2.24, 2.45) is 0 Å². The van der Waals surface area contributed by atoms with E-state index in [1.165, 1.54) is 6.20 Å². The zero-order valence-electron chi connectivity index (χ0n) is 9.67. The Bertz CT molecular complexity index is 764. The minimum absolute atomic E-state index is 0.641. The van der Waals surface area contributed by atoms with Crippen molar-refractivity contribution in [2.75, 3.05) is 6.61 Å². The van der Waals surface area contributed by atoms with Crippen LogP contribution in [0.5, 0.6) is 0 Å². The molecule has 18 heavy (non-hydrogen) atoms. The van der Waals surface area contributed by atoms with Crippen LogP contribution >= 0.6 is 0 Å². The van der Waals surface area contributed by atoms with E-state index in [0.29, 0.717) is 17.6 Å². The van der Waals surface area contributed by atoms with Gasteiger partial charge in [0.25, 0.3) is 0 Å². The van der Waals surface area contributed by atoms with E-state index in [9.17, 15) is 5.21 Å². The lowest BCUT2D eigenvalue weighted by atomic mass is 10.2. The van der Waals surface area contributed by atoms with Crippen LogP contribution in [0.4, 0.5) is 0 Å². The van der Waals surface area contributed by atoms with Gasteiger partial charge < -0.3 is 10.0 Å². The van der Waals surface area contributed by atoms with Crippen LogP contribution in [0.3, 0.4) is 0 Å². The van der Waals surface area contributed by atoms with Gasteiger partial charge in [0.2, 0.25) is 11.7 Å². The molecule has 0 radical (unpaired) electrons. The van der Waals surface area contributed by atoms with Crippen LogP contribution in [0.25, 0.3) is 21.9 Å². The van der Waals surface area contributed by atoms with Crippen LogP contribution in [0.2, 0.25) is 0 Å². The van der Waals surface area contributed by atoms with Crippen LogP contribution in [0, 0.1) is 5.21 Å². The van der Waals surface area contributed by atoms with Gasteiger partial charge in [-0.15, -0.1) is 0 Å². The third-order valence-corrected chi connectivity index (χ3v) is 3.33. The molecule has 0 aliphatic carbocycles. The first kappa shape index (κ1) is 9.70. The Morgan fingerprint density at radius 1 is 1.33 bits per heavy atom. The third kappa shape index (κ3) is 1.16. The monoisotopic (exact) mass is 241 g/mol. The van der Waals surface area contributed by atoms with Gasteiger partial charge in [-0.1, -0.05) is 12.1 Å². The molecule has 90 valence electrons. The van der Waals surface area contributed by atoms with Gasteiger partial charge in [-0.25, -0.2) is 4.98 Å². The summed E-state index contributed by atoms with van der Waals surface area (Å²) in [7, 11) is 0. The number of pyridine rings is 1. The van der Waals surface area contributed by atoms with Crippen LogP contribution in [-0.4, -0.2) is 16.3 Å². The first-order valence-corrected chi connectivity index (χ1v) is 6.00. The van der Waals surface area contributed by atoms with Crippen molar-refractivity contribution < 1.29 is 9.57 Å². The molecule has 3 aromatic rings. The van der Waals surface area contributed by atoms with E-state index in [2.05, 4.69) is 4.98 Å². The van der Waals surface area contributed by atoms with Crippen molar-refractivity contribution in [3.8, 4) is 0 Å². The van der Waals surface area contributed by atoms with E-state index < -0.39 is 0 Å². The number of aromatic nitrogens is 3. The maximum absolute atomic E-state index is 11.9. The van der Waals surface area contributed by atoms with E-state index in [1.54, 1.807) is 4.73 Å². The molecule has 0 saturated heterocycles. The second kappa shape index (κ2) is 3.35. The molecule has 0 saturated carbocycles. The van der Waals surface area contributed by atoms with Crippen molar-refractivity contribution in [1.29, 1.82) is 0 Å². The molecule has 0 amide bonds. The summed E-state index contributed by atoms with van der Waals surface area (Å²) in [6.07, 6.45) is 3.38. The summed E-state index contributed by atoms with van der Waals surface area (Å²) in [4.78, 5) is 10.1. The summed E-state index contributed by atoms with van der Waals surface area (Å²) in [6, 6.07) is 7.52. The fourth-order valence-corrected chi connectivity index (χ4v) is 2.54. The van der Waals surface area contributed by atoms with Crippen LogP contribution in [0.15, 0.2) is 30.5 Å². The predicted molar refractivity (Wildman–Crippen MR) is 66.0 cm³/mol. The van der Waals surface area contributed by atoms with E-state index in [1.807, 2.05) is 24.3 Å². The van der Waals surface area contributed by atoms with Gasteiger partial charge in [-0.3, -0.25) is 0 Å². The molecule has 1 aliphatic rings. The molecule has 0 atom stereocenters. The number of para-hydroxylation sites is 1. The van der Waals surface area contributed by atoms with Gasteiger partial charge in [-0.05, 0) is 12.5 Å². The molecule has 0 fully saturated rings. The molecular formula is C13H11N3O2. The Morgan fingerprint density at radius 3 is 3.17 bits per heavy atom. The van der Waals surface area contributed by atoms with E-state index in [-0.39, 0.29) is 0 Å². The van der Waals surface area contributed by atoms with Gasteiger partial charge in [0.15, 0.2) is 5.52 Å². The van der Waals surface area contributed by atoms with Gasteiger partial charge in [0.05, 0.1) is 5.39 Å². The van der Waals surface area contributed by atoms with Crippen molar-refractivity contribution in [3.63, 3.8) is 0 Å². The predicted octanol–water partition coefficient (Wildman–Crippen LogP) is 1.20. The fourth-order valence-electron chi connectivity index (χ4n) is 2.54. The Morgan fingerprint density at radius 2 is 2.22 bits per heavy atom. The number of aryl methyl sites for hydroxylation is 1. The third-order valence-electron chi connectivity index (χ3n) is 3.33. The number of hydrogen-bond acceptors (Lipinski definition) is 3. The summed E-state index contributed by atoms with van der Waals surface area (Å²) in [5, 5.41) is 12.8. The minimum atomic E-state index is 0.641. The van der Waals surface area contributed by atoms with Crippen LogP contribution in [-0.2, 0) is 6.42 Å². The number of rotatable bonds is 0. The molecule has 0 unspecified atom stereocenters. The lowest BCUT2D eigenvalue weighted by molar-refractivity contribution is -0.575. The van der Waals surface area contributed by atoms with Crippen molar-refractivity contribution in [2.45, 2.75) is 12.8 Å². The average molecular weight is 241 g/mol. The minimum Gasteiger partial charge on any atom is -0.618 e. The zero-order chi connectivity index (χ0) is 12.1.